The molecule has 1 amide bonds. The van der Waals surface area contributed by atoms with Crippen molar-refractivity contribution in [3.8, 4) is 0 Å². The van der Waals surface area contributed by atoms with Crippen LogP contribution in [0.25, 0.3) is 0 Å². The molecule has 0 fully saturated rings. The molecule has 0 bridgehead atoms. The number of amides is 1. The summed E-state index contributed by atoms with van der Waals surface area (Å²) in [5.41, 5.74) is -0.0574. The molecule has 0 saturated carbocycles. The number of halogens is 7. The molecule has 150 valence electrons. The van der Waals surface area contributed by atoms with Crippen LogP contribution >= 0.6 is 10.2 Å². The van der Waals surface area contributed by atoms with E-state index in [9.17, 15) is 33.0 Å². The summed E-state index contributed by atoms with van der Waals surface area (Å²) in [6, 6.07) is 4.61. The van der Waals surface area contributed by atoms with Gasteiger partial charge >= 0.3 is 10.2 Å². The van der Waals surface area contributed by atoms with E-state index in [0.29, 0.717) is 6.07 Å². The molecule has 0 aliphatic carbocycles. The highest BCUT2D eigenvalue weighted by atomic mass is 32.5. The van der Waals surface area contributed by atoms with E-state index in [4.69, 9.17) is 0 Å². The van der Waals surface area contributed by atoms with Crippen molar-refractivity contribution in [3.63, 3.8) is 0 Å². The van der Waals surface area contributed by atoms with Crippen LogP contribution in [0.4, 0.5) is 28.2 Å². The molecule has 0 heterocycles. The first kappa shape index (κ1) is 21.1. The van der Waals surface area contributed by atoms with Crippen molar-refractivity contribution < 1.29 is 33.0 Å². The topological polar surface area (TPSA) is 29.1 Å². The number of hydrogen-bond donors (Lipinski definition) is 1. The number of likely N-dealkylation sites (N-methyl/N-ethyl adjacent to an activating group) is 1. The maximum Gasteiger partial charge on any atom is 0.310 e. The lowest BCUT2D eigenvalue weighted by atomic mass is 9.82. The molecule has 2 nitrogen and oxygen atoms in total. The Hall–Kier alpha value is -2.23. The zero-order chi connectivity index (χ0) is 20.7. The smallest absolute Gasteiger partial charge is 0.310 e. The molecule has 0 radical (unpaired) electrons. The van der Waals surface area contributed by atoms with E-state index in [2.05, 4.69) is 5.32 Å². The van der Waals surface area contributed by atoms with E-state index >= 15 is 0 Å². The van der Waals surface area contributed by atoms with E-state index in [1.165, 1.54) is 14.0 Å². The largest absolute Gasteiger partial charge is 0.359 e. The summed E-state index contributed by atoms with van der Waals surface area (Å²) in [7, 11) is -8.58. The van der Waals surface area contributed by atoms with Crippen molar-refractivity contribution in [1.29, 1.82) is 0 Å². The Bertz CT molecular complexity index is 866. The van der Waals surface area contributed by atoms with Gasteiger partial charge in [0.15, 0.2) is 0 Å². The highest BCUT2D eigenvalue weighted by molar-refractivity contribution is 8.45. The minimum absolute atomic E-state index is 0.0174. The fraction of sp³-hybridized carbons (Fsp3) is 0.235. The third-order valence-corrected chi connectivity index (χ3v) is 5.33. The first-order valence-electron chi connectivity index (χ1n) is 7.64. The van der Waals surface area contributed by atoms with E-state index in [1.54, 1.807) is 0 Å². The van der Waals surface area contributed by atoms with Gasteiger partial charge in [-0.2, -0.15) is 0 Å². The molecule has 0 spiro atoms. The summed E-state index contributed by atoms with van der Waals surface area (Å²) in [6.45, 7) is 1.43. The quantitative estimate of drug-likeness (QED) is 0.574. The normalized spacial score (nSPS) is 16.8. The minimum Gasteiger partial charge on any atom is -0.359 e. The van der Waals surface area contributed by atoms with Gasteiger partial charge in [0.25, 0.3) is 0 Å². The maximum absolute atomic E-state index is 14.1. The third kappa shape index (κ3) is 4.74. The van der Waals surface area contributed by atoms with Crippen LogP contribution in [-0.4, -0.2) is 13.0 Å². The molecule has 1 N–H and O–H groups in total. The van der Waals surface area contributed by atoms with Gasteiger partial charge in [-0.3, -0.25) is 4.79 Å². The molecule has 2 atom stereocenters. The molecule has 0 aliphatic heterocycles. The van der Waals surface area contributed by atoms with E-state index in [-0.39, 0.29) is 23.3 Å². The number of rotatable bonds is 5. The van der Waals surface area contributed by atoms with Gasteiger partial charge in [0, 0.05) is 13.1 Å². The average molecular weight is 415 g/mol. The van der Waals surface area contributed by atoms with E-state index < -0.39 is 44.5 Å². The third-order valence-electron chi connectivity index (χ3n) is 4.17. The molecule has 2 rings (SSSR count). The monoisotopic (exact) mass is 415 g/mol. The number of carbonyl (C=O) groups is 1. The summed E-state index contributed by atoms with van der Waals surface area (Å²) < 4.78 is 91.4. The van der Waals surface area contributed by atoms with Gasteiger partial charge in [0.1, 0.15) is 16.5 Å². The first-order chi connectivity index (χ1) is 12.1. The zero-order valence-corrected chi connectivity index (χ0v) is 15.0. The molecule has 10 heteroatoms. The lowest BCUT2D eigenvalue weighted by Crippen LogP contribution is -2.29. The van der Waals surface area contributed by atoms with Crippen molar-refractivity contribution in [3.05, 3.63) is 65.2 Å². The molecular weight excluding hydrogens is 399 g/mol. The second-order valence-electron chi connectivity index (χ2n) is 6.08. The van der Waals surface area contributed by atoms with E-state index in [0.717, 1.165) is 24.3 Å². The fourth-order valence-corrected chi connectivity index (χ4v) is 3.46. The van der Waals surface area contributed by atoms with E-state index in [1.807, 2.05) is 0 Å². The molecular formula is C17H16F7NOS. The first-order valence-corrected chi connectivity index (χ1v) is 9.60. The van der Waals surface area contributed by atoms with Crippen LogP contribution in [0, 0.1) is 11.6 Å². The van der Waals surface area contributed by atoms with Crippen LogP contribution in [0.15, 0.2) is 47.4 Å². The van der Waals surface area contributed by atoms with Crippen molar-refractivity contribution in [2.24, 2.45) is 0 Å². The Morgan fingerprint density at radius 1 is 0.963 bits per heavy atom. The molecule has 2 aromatic carbocycles. The molecule has 0 aromatic heterocycles. The Balaban J connectivity index is 2.50. The van der Waals surface area contributed by atoms with Crippen LogP contribution in [0.1, 0.15) is 29.9 Å². The fourth-order valence-electron chi connectivity index (χ4n) is 2.81. The minimum atomic E-state index is -9.85. The Morgan fingerprint density at radius 2 is 1.52 bits per heavy atom. The average Bonchev–Trinajstić information content (AvgIpc) is 2.53. The van der Waals surface area contributed by atoms with Crippen LogP contribution in [0.5, 0.6) is 0 Å². The second kappa shape index (κ2) is 6.15. The summed E-state index contributed by atoms with van der Waals surface area (Å²) >= 11 is 0. The summed E-state index contributed by atoms with van der Waals surface area (Å²) in [6.07, 6.45) is 0. The second-order valence-corrected chi connectivity index (χ2v) is 8.49. The van der Waals surface area contributed by atoms with Crippen molar-refractivity contribution in [2.75, 3.05) is 7.05 Å². The van der Waals surface area contributed by atoms with Crippen LogP contribution < -0.4 is 5.32 Å². The predicted molar refractivity (Wildman–Crippen MR) is 89.4 cm³/mol. The highest BCUT2D eigenvalue weighted by Crippen LogP contribution is 3.02. The molecule has 0 saturated heterocycles. The predicted octanol–water partition coefficient (Wildman–Crippen LogP) is 6.26. The van der Waals surface area contributed by atoms with Gasteiger partial charge in [-0.05, 0) is 35.2 Å². The van der Waals surface area contributed by atoms with Crippen LogP contribution in [0.3, 0.4) is 0 Å². The van der Waals surface area contributed by atoms with Gasteiger partial charge in [-0.25, -0.2) is 8.78 Å². The summed E-state index contributed by atoms with van der Waals surface area (Å²) in [5.74, 6) is -4.51. The number of hydrogen-bond acceptors (Lipinski definition) is 1. The Kier molecular flexibility index (Phi) is 4.80. The summed E-state index contributed by atoms with van der Waals surface area (Å²) in [4.78, 5) is 10.2. The Labute approximate surface area is 151 Å². The Morgan fingerprint density at radius 3 is 1.96 bits per heavy atom. The zero-order valence-electron chi connectivity index (χ0n) is 14.2. The van der Waals surface area contributed by atoms with Gasteiger partial charge < -0.3 is 5.32 Å². The lowest BCUT2D eigenvalue weighted by molar-refractivity contribution is -0.122. The van der Waals surface area contributed by atoms with Gasteiger partial charge in [-0.15, -0.1) is 0 Å². The summed E-state index contributed by atoms with van der Waals surface area (Å²) in [5, 5.41) is 2.31. The van der Waals surface area contributed by atoms with Crippen LogP contribution in [0.2, 0.25) is 0 Å². The van der Waals surface area contributed by atoms with Crippen molar-refractivity contribution in [1.82, 2.24) is 5.32 Å². The van der Waals surface area contributed by atoms with Gasteiger partial charge in [0.05, 0.1) is 5.92 Å². The van der Waals surface area contributed by atoms with Gasteiger partial charge in [-0.1, -0.05) is 44.6 Å². The maximum atomic E-state index is 14.1. The molecule has 0 aliphatic rings. The molecule has 2 aromatic rings. The molecule has 0 unspecified atom stereocenters. The highest BCUT2D eigenvalue weighted by Gasteiger charge is 2.65. The van der Waals surface area contributed by atoms with Crippen molar-refractivity contribution >= 4 is 16.1 Å². The standard InChI is InChI=1S/C17H16F7NOS/c1-10(14-8-5-12(18)9-15(14)19)16(17(26)25-2)11-3-6-13(7-4-11)27(20,21,22,23)24/h3-10,16H,1-2H3,(H,25,26)/t10-,16-/m0/s1. The SMILES string of the molecule is CNC(=O)[C@H](c1ccc(S(F)(F)(F)(F)F)cc1)[C@@H](C)c1ccc(F)cc1F. The van der Waals surface area contributed by atoms with Crippen LogP contribution in [-0.2, 0) is 4.79 Å². The van der Waals surface area contributed by atoms with Gasteiger partial charge in [0.2, 0.25) is 5.91 Å². The number of nitrogens with one attached hydrogen (secondary N) is 1. The lowest BCUT2D eigenvalue weighted by Gasteiger charge is -2.40. The number of benzene rings is 2. The van der Waals surface area contributed by atoms with Crippen molar-refractivity contribution in [2.45, 2.75) is 23.7 Å². The number of carbonyl (C=O) groups excluding carboxylic acids is 1. The molecule has 27 heavy (non-hydrogen) atoms.